The summed E-state index contributed by atoms with van der Waals surface area (Å²) < 4.78 is 93.6. The molecule has 2 aromatic carbocycles. The van der Waals surface area contributed by atoms with Crippen LogP contribution in [0.5, 0.6) is 0 Å². The van der Waals surface area contributed by atoms with Crippen LogP contribution >= 0.6 is 0 Å². The summed E-state index contributed by atoms with van der Waals surface area (Å²) in [7, 11) is 1.23. The number of amides is 2. The van der Waals surface area contributed by atoms with E-state index in [0.29, 0.717) is 23.3 Å². The van der Waals surface area contributed by atoms with Crippen LogP contribution < -0.4 is 0 Å². The molecule has 6 nitrogen and oxygen atoms in total. The van der Waals surface area contributed by atoms with E-state index in [4.69, 9.17) is 0 Å². The monoisotopic (exact) mass is 535 g/mol. The number of nitro groups is 1. The van der Waals surface area contributed by atoms with Crippen molar-refractivity contribution in [2.75, 3.05) is 13.6 Å². The maximum Gasteiger partial charge on any atom is 0.416 e. The molecule has 0 N–H and O–H groups in total. The largest absolute Gasteiger partial charge is 0.416 e. The highest BCUT2D eigenvalue weighted by molar-refractivity contribution is 5.75. The number of hydrogen-bond acceptors (Lipinski definition) is 3. The van der Waals surface area contributed by atoms with Gasteiger partial charge in [-0.1, -0.05) is 6.07 Å². The molecule has 0 saturated carbocycles. The van der Waals surface area contributed by atoms with Gasteiger partial charge in [0.15, 0.2) is 0 Å². The van der Waals surface area contributed by atoms with Gasteiger partial charge < -0.3 is 9.80 Å². The molecule has 3 unspecified atom stereocenters. The molecule has 0 aromatic heterocycles. The van der Waals surface area contributed by atoms with Crippen LogP contribution in [0.1, 0.15) is 59.7 Å². The third kappa shape index (κ3) is 6.13. The molecule has 0 aliphatic carbocycles. The molecule has 2 aromatic rings. The van der Waals surface area contributed by atoms with Gasteiger partial charge in [0.2, 0.25) is 6.04 Å². The number of likely N-dealkylation sites (tertiary alicyclic amines) is 1. The van der Waals surface area contributed by atoms with E-state index in [9.17, 15) is 45.6 Å². The lowest BCUT2D eigenvalue weighted by atomic mass is 9.89. The van der Waals surface area contributed by atoms with Crippen molar-refractivity contribution < 1.29 is 40.5 Å². The van der Waals surface area contributed by atoms with Crippen LogP contribution in [0.2, 0.25) is 0 Å². The molecule has 0 bridgehead atoms. The number of aryl methyl sites for hydroxylation is 1. The number of nitrogens with zero attached hydrogens (tertiary/aromatic N) is 3. The van der Waals surface area contributed by atoms with Gasteiger partial charge in [-0.15, -0.1) is 0 Å². The van der Waals surface area contributed by atoms with Crippen molar-refractivity contribution in [3.63, 3.8) is 0 Å². The van der Waals surface area contributed by atoms with Crippen molar-refractivity contribution in [1.82, 2.24) is 9.80 Å². The van der Waals surface area contributed by atoms with Crippen molar-refractivity contribution in [1.29, 1.82) is 0 Å². The molecule has 13 heteroatoms. The first-order chi connectivity index (χ1) is 17.0. The lowest BCUT2D eigenvalue weighted by Gasteiger charge is -2.41. The van der Waals surface area contributed by atoms with Gasteiger partial charge in [0.1, 0.15) is 5.82 Å². The first kappa shape index (κ1) is 28.2. The fraction of sp³-hybridized carbons (Fsp3) is 0.458. The van der Waals surface area contributed by atoms with E-state index >= 15 is 0 Å². The highest BCUT2D eigenvalue weighted by Crippen LogP contribution is 2.39. The minimum atomic E-state index is -5.05. The first-order valence-electron chi connectivity index (χ1n) is 11.2. The van der Waals surface area contributed by atoms with Crippen LogP contribution in [0, 0.1) is 22.9 Å². The lowest BCUT2D eigenvalue weighted by molar-refractivity contribution is -0.528. The highest BCUT2D eigenvalue weighted by Gasteiger charge is 2.41. The average Bonchev–Trinajstić information content (AvgIpc) is 2.81. The number of alkyl halides is 6. The van der Waals surface area contributed by atoms with E-state index in [1.165, 1.54) is 31.0 Å². The lowest BCUT2D eigenvalue weighted by Crippen LogP contribution is -2.49. The second kappa shape index (κ2) is 10.2. The third-order valence-electron chi connectivity index (χ3n) is 6.68. The SMILES string of the molecule is Cc1cc(F)ccc1C1CC([N+](=O)[O-])CCN1C(=O)N(C)C(C)c1cc(C(F)(F)F)cc(C(F)(F)F)c1. The molecular formula is C24H24F7N3O3. The molecule has 1 heterocycles. The summed E-state index contributed by atoms with van der Waals surface area (Å²) >= 11 is 0. The van der Waals surface area contributed by atoms with Crippen LogP contribution in [0.15, 0.2) is 36.4 Å². The quantitative estimate of drug-likeness (QED) is 0.247. The van der Waals surface area contributed by atoms with Crippen molar-refractivity contribution >= 4 is 6.03 Å². The highest BCUT2D eigenvalue weighted by atomic mass is 19.4. The fourth-order valence-electron chi connectivity index (χ4n) is 4.49. The van der Waals surface area contributed by atoms with E-state index in [1.54, 1.807) is 6.92 Å². The van der Waals surface area contributed by atoms with Gasteiger partial charge in [0.25, 0.3) is 0 Å². The number of benzene rings is 2. The molecular weight excluding hydrogens is 511 g/mol. The van der Waals surface area contributed by atoms with Crippen LogP contribution in [0.3, 0.4) is 0 Å². The van der Waals surface area contributed by atoms with E-state index in [-0.39, 0.29) is 31.0 Å². The molecule has 3 rings (SSSR count). The molecule has 37 heavy (non-hydrogen) atoms. The number of piperidine rings is 1. The molecule has 1 fully saturated rings. The minimum absolute atomic E-state index is 0.000512. The third-order valence-corrected chi connectivity index (χ3v) is 6.68. The summed E-state index contributed by atoms with van der Waals surface area (Å²) in [6, 6.07) is 1.10. The molecule has 1 aliphatic heterocycles. The molecule has 1 aliphatic rings. The van der Waals surface area contributed by atoms with E-state index in [1.807, 2.05) is 0 Å². The van der Waals surface area contributed by atoms with Gasteiger partial charge in [-0.3, -0.25) is 10.1 Å². The van der Waals surface area contributed by atoms with Gasteiger partial charge in [0.05, 0.1) is 23.2 Å². The van der Waals surface area contributed by atoms with Crippen LogP contribution in [-0.2, 0) is 12.4 Å². The second-order valence-electron chi connectivity index (χ2n) is 9.08. The summed E-state index contributed by atoms with van der Waals surface area (Å²) in [5.74, 6) is -0.545. The Morgan fingerprint density at radius 2 is 1.65 bits per heavy atom. The van der Waals surface area contributed by atoms with Crippen molar-refractivity contribution in [2.24, 2.45) is 0 Å². The summed E-state index contributed by atoms with van der Waals surface area (Å²) in [5, 5.41) is 11.4. The zero-order chi connectivity index (χ0) is 27.9. The van der Waals surface area contributed by atoms with E-state index < -0.39 is 58.4 Å². The predicted molar refractivity (Wildman–Crippen MR) is 119 cm³/mol. The number of urea groups is 1. The number of hydrogen-bond donors (Lipinski definition) is 0. The van der Waals surface area contributed by atoms with Gasteiger partial charge in [0, 0.05) is 31.4 Å². The van der Waals surface area contributed by atoms with E-state index in [2.05, 4.69) is 0 Å². The maximum absolute atomic E-state index is 13.7. The topological polar surface area (TPSA) is 66.7 Å². The number of carbonyl (C=O) groups excluding carboxylic acids is 1. The first-order valence-corrected chi connectivity index (χ1v) is 11.2. The van der Waals surface area contributed by atoms with Gasteiger partial charge in [-0.05, 0) is 60.9 Å². The Kier molecular flexibility index (Phi) is 7.75. The van der Waals surface area contributed by atoms with Crippen LogP contribution in [0.25, 0.3) is 0 Å². The van der Waals surface area contributed by atoms with Gasteiger partial charge in [-0.2, -0.15) is 26.3 Å². The van der Waals surface area contributed by atoms with E-state index in [0.717, 1.165) is 11.0 Å². The van der Waals surface area contributed by atoms with Crippen molar-refractivity contribution in [3.8, 4) is 0 Å². The maximum atomic E-state index is 13.7. The molecule has 2 amide bonds. The molecule has 0 spiro atoms. The summed E-state index contributed by atoms with van der Waals surface area (Å²) in [6.45, 7) is 2.78. The minimum Gasteiger partial charge on any atom is -0.321 e. The normalized spacial score (nSPS) is 19.5. The summed E-state index contributed by atoms with van der Waals surface area (Å²) in [4.78, 5) is 26.7. The smallest absolute Gasteiger partial charge is 0.321 e. The zero-order valence-electron chi connectivity index (χ0n) is 20.0. The predicted octanol–water partition coefficient (Wildman–Crippen LogP) is 6.77. The zero-order valence-corrected chi connectivity index (χ0v) is 20.0. The Bertz CT molecular complexity index is 1150. The average molecular weight is 535 g/mol. The Morgan fingerprint density at radius 1 is 1.08 bits per heavy atom. The number of carbonyl (C=O) groups is 1. The number of halogens is 7. The Labute approximate surface area is 207 Å². The Morgan fingerprint density at radius 3 is 2.14 bits per heavy atom. The van der Waals surface area contributed by atoms with Crippen LogP contribution in [-0.4, -0.2) is 40.4 Å². The summed E-state index contributed by atoms with van der Waals surface area (Å²) in [5.41, 5.74) is -2.49. The number of rotatable bonds is 4. The molecule has 1 saturated heterocycles. The Balaban J connectivity index is 1.98. The van der Waals surface area contributed by atoms with Crippen molar-refractivity contribution in [3.05, 3.63) is 80.1 Å². The second-order valence-corrected chi connectivity index (χ2v) is 9.08. The Hall–Kier alpha value is -3.38. The molecule has 3 atom stereocenters. The summed E-state index contributed by atoms with van der Waals surface area (Å²) in [6.07, 6.45) is -10.2. The van der Waals surface area contributed by atoms with Gasteiger partial charge >= 0.3 is 18.4 Å². The van der Waals surface area contributed by atoms with Crippen molar-refractivity contribution in [2.45, 2.75) is 57.2 Å². The van der Waals surface area contributed by atoms with Crippen LogP contribution in [0.4, 0.5) is 35.5 Å². The van der Waals surface area contributed by atoms with Gasteiger partial charge in [-0.25, -0.2) is 9.18 Å². The molecule has 0 radical (unpaired) electrons. The standard InChI is InChI=1S/C24H24F7N3O3/c1-13-8-18(25)4-5-20(13)21-12-19(34(36)37)6-7-33(21)22(35)32(3)14(2)15-9-16(23(26,27)28)11-17(10-15)24(29,30)31/h4-5,8-11,14,19,21H,6-7,12H2,1-3H3. The fourth-order valence-corrected chi connectivity index (χ4v) is 4.49. The molecule has 202 valence electrons.